The number of epoxide rings is 1. The molecule has 0 aromatic rings. The van der Waals surface area contributed by atoms with E-state index in [4.69, 9.17) is 9.47 Å². The molecular weight excluding hydrogens is 128 g/mol. The second-order valence-corrected chi connectivity index (χ2v) is 2.61. The molecule has 1 saturated heterocycles. The van der Waals surface area contributed by atoms with E-state index in [1.165, 1.54) is 6.26 Å². The van der Waals surface area contributed by atoms with Gasteiger partial charge in [-0.15, -0.1) is 0 Å². The largest absolute Gasteiger partial charge is 0.502 e. The van der Waals surface area contributed by atoms with Crippen molar-refractivity contribution in [3.05, 3.63) is 12.8 Å². The second kappa shape index (κ2) is 3.06. The van der Waals surface area contributed by atoms with Gasteiger partial charge in [-0.1, -0.05) is 13.5 Å². The highest BCUT2D eigenvalue weighted by Crippen LogP contribution is 2.33. The van der Waals surface area contributed by atoms with Crippen molar-refractivity contribution in [1.29, 1.82) is 0 Å². The summed E-state index contributed by atoms with van der Waals surface area (Å²) in [6.07, 6.45) is 3.56. The monoisotopic (exact) mass is 142 g/mol. The molecule has 0 aromatic carbocycles. The van der Waals surface area contributed by atoms with Crippen LogP contribution in [0, 0.1) is 0 Å². The van der Waals surface area contributed by atoms with Crippen LogP contribution in [0.25, 0.3) is 0 Å². The van der Waals surface area contributed by atoms with Gasteiger partial charge in [-0.25, -0.2) is 0 Å². The fourth-order valence-corrected chi connectivity index (χ4v) is 0.956. The fraction of sp³-hybridized carbons (Fsp3) is 0.750. The van der Waals surface area contributed by atoms with Crippen LogP contribution in [0.2, 0.25) is 0 Å². The Hall–Kier alpha value is -0.500. The van der Waals surface area contributed by atoms with Crippen molar-refractivity contribution in [2.45, 2.75) is 25.4 Å². The molecule has 0 amide bonds. The summed E-state index contributed by atoms with van der Waals surface area (Å²) < 4.78 is 10.3. The Morgan fingerprint density at radius 1 is 1.80 bits per heavy atom. The Labute approximate surface area is 61.8 Å². The minimum atomic E-state index is 0.170. The lowest BCUT2D eigenvalue weighted by molar-refractivity contribution is 0.190. The van der Waals surface area contributed by atoms with Gasteiger partial charge in [-0.05, 0) is 6.42 Å². The lowest BCUT2D eigenvalue weighted by Crippen LogP contribution is -2.11. The predicted octanol–water partition coefficient (Wildman–Crippen LogP) is 1.72. The quantitative estimate of drug-likeness (QED) is 0.331. The van der Waals surface area contributed by atoms with E-state index in [0.717, 1.165) is 26.1 Å². The van der Waals surface area contributed by atoms with Crippen molar-refractivity contribution in [2.24, 2.45) is 0 Å². The Kier molecular flexibility index (Phi) is 2.33. The van der Waals surface area contributed by atoms with E-state index in [1.54, 1.807) is 0 Å². The molecule has 1 unspecified atom stereocenters. The standard InChI is InChI=1S/C8H14O2/c1-3-8(7-10-8)5-6-9-4-2/h4H,2-3,5-7H2,1H3. The zero-order valence-electron chi connectivity index (χ0n) is 6.43. The van der Waals surface area contributed by atoms with Gasteiger partial charge < -0.3 is 9.47 Å². The first-order valence-corrected chi connectivity index (χ1v) is 3.69. The molecule has 0 aromatic heterocycles. The van der Waals surface area contributed by atoms with Crippen LogP contribution in [-0.2, 0) is 9.47 Å². The molecule has 1 heterocycles. The normalized spacial score (nSPS) is 29.7. The number of hydrogen-bond acceptors (Lipinski definition) is 2. The highest BCUT2D eigenvalue weighted by molar-refractivity contribution is 4.90. The molecule has 0 saturated carbocycles. The Balaban J connectivity index is 2.06. The SMILES string of the molecule is C=COCCC1(CC)CO1. The van der Waals surface area contributed by atoms with Gasteiger partial charge in [0.05, 0.1) is 25.1 Å². The average Bonchev–Trinajstić information content (AvgIpc) is 2.70. The van der Waals surface area contributed by atoms with Crippen LogP contribution >= 0.6 is 0 Å². The Morgan fingerprint density at radius 3 is 2.90 bits per heavy atom. The maximum atomic E-state index is 5.28. The van der Waals surface area contributed by atoms with Crippen molar-refractivity contribution in [3.8, 4) is 0 Å². The molecule has 1 fully saturated rings. The number of ether oxygens (including phenoxy) is 2. The van der Waals surface area contributed by atoms with Crippen molar-refractivity contribution in [1.82, 2.24) is 0 Å². The zero-order chi connectivity index (χ0) is 7.45. The van der Waals surface area contributed by atoms with Gasteiger partial charge in [0.25, 0.3) is 0 Å². The number of hydrogen-bond donors (Lipinski definition) is 0. The molecule has 1 aliphatic heterocycles. The Bertz CT molecular complexity index is 116. The van der Waals surface area contributed by atoms with Gasteiger partial charge >= 0.3 is 0 Å². The average molecular weight is 142 g/mol. The van der Waals surface area contributed by atoms with Gasteiger partial charge in [-0.3, -0.25) is 0 Å². The van der Waals surface area contributed by atoms with Gasteiger partial charge in [0.15, 0.2) is 0 Å². The van der Waals surface area contributed by atoms with E-state index in [0.29, 0.717) is 0 Å². The van der Waals surface area contributed by atoms with E-state index in [1.807, 2.05) is 0 Å². The van der Waals surface area contributed by atoms with E-state index in [9.17, 15) is 0 Å². The molecule has 10 heavy (non-hydrogen) atoms. The minimum absolute atomic E-state index is 0.170. The summed E-state index contributed by atoms with van der Waals surface area (Å²) in [6.45, 7) is 7.24. The molecule has 0 radical (unpaired) electrons. The fourth-order valence-electron chi connectivity index (χ4n) is 0.956. The highest BCUT2D eigenvalue weighted by atomic mass is 16.6. The summed E-state index contributed by atoms with van der Waals surface area (Å²) in [5.41, 5.74) is 0.170. The molecule has 0 aliphatic carbocycles. The summed E-state index contributed by atoms with van der Waals surface area (Å²) >= 11 is 0. The van der Waals surface area contributed by atoms with Crippen LogP contribution in [0.5, 0.6) is 0 Å². The van der Waals surface area contributed by atoms with Gasteiger partial charge in [-0.2, -0.15) is 0 Å². The van der Waals surface area contributed by atoms with E-state index < -0.39 is 0 Å². The van der Waals surface area contributed by atoms with Gasteiger partial charge in [0, 0.05) is 6.42 Å². The van der Waals surface area contributed by atoms with Crippen molar-refractivity contribution < 1.29 is 9.47 Å². The summed E-state index contributed by atoms with van der Waals surface area (Å²) in [5, 5.41) is 0. The topological polar surface area (TPSA) is 21.8 Å². The summed E-state index contributed by atoms with van der Waals surface area (Å²) in [4.78, 5) is 0. The molecule has 1 aliphatic rings. The summed E-state index contributed by atoms with van der Waals surface area (Å²) in [5.74, 6) is 0. The van der Waals surface area contributed by atoms with Crippen molar-refractivity contribution in [2.75, 3.05) is 13.2 Å². The first-order valence-electron chi connectivity index (χ1n) is 3.69. The van der Waals surface area contributed by atoms with Crippen LogP contribution in [0.15, 0.2) is 12.8 Å². The van der Waals surface area contributed by atoms with Crippen LogP contribution in [-0.4, -0.2) is 18.8 Å². The van der Waals surface area contributed by atoms with E-state index in [-0.39, 0.29) is 5.60 Å². The van der Waals surface area contributed by atoms with Crippen molar-refractivity contribution >= 4 is 0 Å². The first-order chi connectivity index (χ1) is 4.83. The maximum absolute atomic E-state index is 5.28. The van der Waals surface area contributed by atoms with E-state index in [2.05, 4.69) is 13.5 Å². The smallest absolute Gasteiger partial charge is 0.0946 e. The molecule has 2 nitrogen and oxygen atoms in total. The van der Waals surface area contributed by atoms with Crippen LogP contribution in [0.1, 0.15) is 19.8 Å². The predicted molar refractivity (Wildman–Crippen MR) is 39.7 cm³/mol. The van der Waals surface area contributed by atoms with Crippen LogP contribution < -0.4 is 0 Å². The molecule has 2 heteroatoms. The lowest BCUT2D eigenvalue weighted by Gasteiger charge is -2.06. The Morgan fingerprint density at radius 2 is 2.50 bits per heavy atom. The summed E-state index contributed by atoms with van der Waals surface area (Å²) in [6, 6.07) is 0. The highest BCUT2D eigenvalue weighted by Gasteiger charge is 2.42. The van der Waals surface area contributed by atoms with Gasteiger partial charge in [0.2, 0.25) is 0 Å². The molecule has 1 atom stereocenters. The molecule has 0 spiro atoms. The lowest BCUT2D eigenvalue weighted by atomic mass is 10.1. The zero-order valence-corrected chi connectivity index (χ0v) is 6.43. The number of rotatable bonds is 5. The van der Waals surface area contributed by atoms with Gasteiger partial charge in [0.1, 0.15) is 0 Å². The molecule has 0 bridgehead atoms. The van der Waals surface area contributed by atoms with E-state index >= 15 is 0 Å². The van der Waals surface area contributed by atoms with Crippen molar-refractivity contribution in [3.63, 3.8) is 0 Å². The van der Waals surface area contributed by atoms with Crippen LogP contribution in [0.4, 0.5) is 0 Å². The third-order valence-electron chi connectivity index (χ3n) is 1.99. The first kappa shape index (κ1) is 7.61. The third-order valence-corrected chi connectivity index (χ3v) is 1.99. The third kappa shape index (κ3) is 1.74. The maximum Gasteiger partial charge on any atom is 0.0946 e. The molecule has 1 rings (SSSR count). The molecular formula is C8H14O2. The van der Waals surface area contributed by atoms with Crippen LogP contribution in [0.3, 0.4) is 0 Å². The minimum Gasteiger partial charge on any atom is -0.502 e. The molecule has 0 N–H and O–H groups in total. The molecule has 58 valence electrons. The second-order valence-electron chi connectivity index (χ2n) is 2.61. The summed E-state index contributed by atoms with van der Waals surface area (Å²) in [7, 11) is 0.